The van der Waals surface area contributed by atoms with Gasteiger partial charge < -0.3 is 10.2 Å². The molecule has 2 aromatic carbocycles. The zero-order valence-electron chi connectivity index (χ0n) is 11.5. The first-order chi connectivity index (χ1) is 10.6. The molecule has 1 aromatic heterocycles. The van der Waals surface area contributed by atoms with Crippen molar-refractivity contribution in [2.45, 2.75) is 0 Å². The lowest BCUT2D eigenvalue weighted by atomic mass is 10.1. The normalized spacial score (nSPS) is 10.4. The Labute approximate surface area is 126 Å². The lowest BCUT2D eigenvalue weighted by Gasteiger charge is -2.01. The van der Waals surface area contributed by atoms with E-state index in [0.29, 0.717) is 12.2 Å². The maximum atomic E-state index is 9.55. The minimum Gasteiger partial charge on any atom is -0.478 e. The summed E-state index contributed by atoms with van der Waals surface area (Å²) in [6, 6.07) is 16.6. The highest BCUT2D eigenvalue weighted by atomic mass is 16.4. The number of carboxylic acids is 2. The van der Waals surface area contributed by atoms with Crippen LogP contribution in [-0.4, -0.2) is 27.1 Å². The molecule has 0 aliphatic heterocycles. The molecule has 2 N–H and O–H groups in total. The van der Waals surface area contributed by atoms with E-state index in [0.717, 1.165) is 5.52 Å². The Balaban J connectivity index is 0.000000192. The number of aliphatic carboxylic acids is 2. The molecule has 0 saturated carbocycles. The van der Waals surface area contributed by atoms with Crippen molar-refractivity contribution in [3.63, 3.8) is 0 Å². The third-order valence-electron chi connectivity index (χ3n) is 2.87. The van der Waals surface area contributed by atoms with E-state index < -0.39 is 11.9 Å². The lowest BCUT2D eigenvalue weighted by molar-refractivity contribution is -0.134. The highest BCUT2D eigenvalue weighted by Gasteiger charge is 1.98. The molecule has 1 heterocycles. The summed E-state index contributed by atoms with van der Waals surface area (Å²) in [7, 11) is 0. The van der Waals surface area contributed by atoms with Crippen molar-refractivity contribution in [3.05, 3.63) is 66.9 Å². The number of rotatable bonds is 2. The van der Waals surface area contributed by atoms with Gasteiger partial charge in [0.1, 0.15) is 0 Å². The van der Waals surface area contributed by atoms with Gasteiger partial charge in [-0.1, -0.05) is 42.5 Å². The van der Waals surface area contributed by atoms with Crippen LogP contribution in [0.1, 0.15) is 0 Å². The number of pyridine rings is 1. The van der Waals surface area contributed by atoms with Crippen LogP contribution < -0.4 is 0 Å². The molecule has 0 unspecified atom stereocenters. The van der Waals surface area contributed by atoms with Gasteiger partial charge >= 0.3 is 11.9 Å². The monoisotopic (exact) mass is 295 g/mol. The number of hydrogen-bond acceptors (Lipinski definition) is 3. The van der Waals surface area contributed by atoms with Gasteiger partial charge in [0.25, 0.3) is 0 Å². The highest BCUT2D eigenvalue weighted by Crippen LogP contribution is 2.22. The first kappa shape index (κ1) is 15.2. The van der Waals surface area contributed by atoms with Crippen molar-refractivity contribution in [1.29, 1.82) is 0 Å². The third kappa shape index (κ3) is 3.89. The van der Waals surface area contributed by atoms with Crippen LogP contribution in [0.5, 0.6) is 0 Å². The van der Waals surface area contributed by atoms with Gasteiger partial charge in [0.05, 0.1) is 5.52 Å². The van der Waals surface area contributed by atoms with Gasteiger partial charge in [-0.3, -0.25) is 4.98 Å². The fourth-order valence-corrected chi connectivity index (χ4v) is 1.95. The molecule has 0 atom stereocenters. The van der Waals surface area contributed by atoms with Crippen molar-refractivity contribution in [1.82, 2.24) is 4.98 Å². The molecule has 0 fully saturated rings. The number of aromatic nitrogens is 1. The minimum atomic E-state index is -1.26. The Hall–Kier alpha value is -3.21. The summed E-state index contributed by atoms with van der Waals surface area (Å²) >= 11 is 0. The largest absolute Gasteiger partial charge is 0.478 e. The first-order valence-corrected chi connectivity index (χ1v) is 6.44. The fraction of sp³-hybridized carbons (Fsp3) is 0. The van der Waals surface area contributed by atoms with Crippen molar-refractivity contribution in [3.8, 4) is 0 Å². The molecule has 0 aliphatic carbocycles. The number of carboxylic acid groups (broad SMARTS) is 2. The van der Waals surface area contributed by atoms with Crippen molar-refractivity contribution < 1.29 is 19.8 Å². The second-order valence-electron chi connectivity index (χ2n) is 4.37. The topological polar surface area (TPSA) is 87.5 Å². The van der Waals surface area contributed by atoms with Crippen LogP contribution in [0.4, 0.5) is 0 Å². The molecule has 0 spiro atoms. The smallest absolute Gasteiger partial charge is 0.328 e. The molecule has 5 heteroatoms. The van der Waals surface area contributed by atoms with E-state index in [1.807, 2.05) is 24.4 Å². The standard InChI is InChI=1S/C13H9N.C4H4O4/c1-2-6-11-10(5-1)9-14-13-8-4-3-7-12(11)13;5-3(6)1-2-4(7)8/h1-9H;1-2H,(H,5,6)(H,7,8)/b;2-1+. The zero-order valence-corrected chi connectivity index (χ0v) is 11.5. The molecule has 0 saturated heterocycles. The summed E-state index contributed by atoms with van der Waals surface area (Å²) in [4.78, 5) is 23.5. The van der Waals surface area contributed by atoms with Gasteiger partial charge in [-0.15, -0.1) is 0 Å². The van der Waals surface area contributed by atoms with Gasteiger partial charge in [-0.25, -0.2) is 9.59 Å². The molecule has 0 aliphatic rings. The summed E-state index contributed by atoms with van der Waals surface area (Å²) in [5.41, 5.74) is 1.06. The molecule has 3 rings (SSSR count). The van der Waals surface area contributed by atoms with Crippen LogP contribution >= 0.6 is 0 Å². The van der Waals surface area contributed by atoms with Gasteiger partial charge in [0, 0.05) is 29.1 Å². The number of nitrogens with zero attached hydrogens (tertiary/aromatic N) is 1. The summed E-state index contributed by atoms with van der Waals surface area (Å²) < 4.78 is 0. The van der Waals surface area contributed by atoms with E-state index >= 15 is 0 Å². The second-order valence-corrected chi connectivity index (χ2v) is 4.37. The molecule has 5 nitrogen and oxygen atoms in total. The summed E-state index contributed by atoms with van der Waals surface area (Å²) in [6.07, 6.45) is 3.04. The van der Waals surface area contributed by atoms with Crippen LogP contribution in [0.2, 0.25) is 0 Å². The van der Waals surface area contributed by atoms with E-state index in [2.05, 4.69) is 35.3 Å². The molecule has 0 bridgehead atoms. The molecule has 3 aromatic rings. The molecule has 110 valence electrons. The Morgan fingerprint density at radius 3 is 2.00 bits per heavy atom. The number of hydrogen-bond donors (Lipinski definition) is 2. The van der Waals surface area contributed by atoms with E-state index in [1.54, 1.807) is 0 Å². The number of benzene rings is 2. The van der Waals surface area contributed by atoms with Gasteiger partial charge in [0.15, 0.2) is 0 Å². The van der Waals surface area contributed by atoms with E-state index in [1.165, 1.54) is 16.2 Å². The molecular weight excluding hydrogens is 282 g/mol. The minimum absolute atomic E-state index is 0.558. The average molecular weight is 295 g/mol. The van der Waals surface area contributed by atoms with Crippen LogP contribution in [0.15, 0.2) is 66.9 Å². The predicted molar refractivity (Wildman–Crippen MR) is 83.7 cm³/mol. The number of fused-ring (bicyclic) bond motifs is 3. The Morgan fingerprint density at radius 1 is 0.818 bits per heavy atom. The second kappa shape index (κ2) is 6.99. The van der Waals surface area contributed by atoms with E-state index in [4.69, 9.17) is 10.2 Å². The summed E-state index contributed by atoms with van der Waals surface area (Å²) in [5.74, 6) is -2.51. The number of para-hydroxylation sites is 1. The Bertz CT molecular complexity index is 785. The van der Waals surface area contributed by atoms with Crippen LogP contribution in [-0.2, 0) is 9.59 Å². The Morgan fingerprint density at radius 2 is 1.36 bits per heavy atom. The van der Waals surface area contributed by atoms with E-state index in [9.17, 15) is 9.59 Å². The van der Waals surface area contributed by atoms with Gasteiger partial charge in [-0.05, 0) is 11.5 Å². The molecular formula is C17H13NO4. The third-order valence-corrected chi connectivity index (χ3v) is 2.87. The fourth-order valence-electron chi connectivity index (χ4n) is 1.95. The summed E-state index contributed by atoms with van der Waals surface area (Å²) in [6.45, 7) is 0. The molecule has 0 amide bonds. The zero-order chi connectivity index (χ0) is 15.9. The quantitative estimate of drug-likeness (QED) is 0.560. The summed E-state index contributed by atoms with van der Waals surface area (Å²) in [5, 5.41) is 19.3. The van der Waals surface area contributed by atoms with Crippen molar-refractivity contribution >= 4 is 33.6 Å². The van der Waals surface area contributed by atoms with Crippen LogP contribution in [0, 0.1) is 0 Å². The van der Waals surface area contributed by atoms with Gasteiger partial charge in [0.2, 0.25) is 0 Å². The van der Waals surface area contributed by atoms with E-state index in [-0.39, 0.29) is 0 Å². The number of carbonyl (C=O) groups is 2. The SMILES string of the molecule is O=C(O)/C=C/C(=O)O.c1ccc2c(c1)cnc1ccccc12. The first-order valence-electron chi connectivity index (χ1n) is 6.44. The lowest BCUT2D eigenvalue weighted by Crippen LogP contribution is -1.91. The van der Waals surface area contributed by atoms with Gasteiger partial charge in [-0.2, -0.15) is 0 Å². The predicted octanol–water partition coefficient (Wildman–Crippen LogP) is 3.10. The molecule has 22 heavy (non-hydrogen) atoms. The Kier molecular flexibility index (Phi) is 4.82. The molecule has 0 radical (unpaired) electrons. The maximum Gasteiger partial charge on any atom is 0.328 e. The van der Waals surface area contributed by atoms with Crippen LogP contribution in [0.3, 0.4) is 0 Å². The van der Waals surface area contributed by atoms with Crippen LogP contribution in [0.25, 0.3) is 21.7 Å². The average Bonchev–Trinajstić information content (AvgIpc) is 2.53. The highest BCUT2D eigenvalue weighted by molar-refractivity contribution is 6.05. The maximum absolute atomic E-state index is 9.55. The van der Waals surface area contributed by atoms with Crippen molar-refractivity contribution in [2.24, 2.45) is 0 Å². The van der Waals surface area contributed by atoms with Crippen molar-refractivity contribution in [2.75, 3.05) is 0 Å².